The quantitative estimate of drug-likeness (QED) is 0.487. The van der Waals surface area contributed by atoms with Crippen molar-refractivity contribution in [3.05, 3.63) is 18.2 Å². The lowest BCUT2D eigenvalue weighted by atomic mass is 10.2. The average molecular weight is 251 g/mol. The zero-order chi connectivity index (χ0) is 13.0. The van der Waals surface area contributed by atoms with Crippen molar-refractivity contribution >= 4 is 17.5 Å². The van der Waals surface area contributed by atoms with E-state index in [1.54, 1.807) is 13.1 Å². The van der Waals surface area contributed by atoms with Gasteiger partial charge >= 0.3 is 0 Å². The van der Waals surface area contributed by atoms with Crippen molar-refractivity contribution in [2.24, 2.45) is 5.84 Å². The standard InChI is InChI=1S/C11H17N5O2/c1-13-11(17)8-7-18-6-5-16(8)10-4-2-3-9(14-10)15-12/h2-4,8H,5-7,12H2,1H3,(H,13,17)(H,14,15). The number of hydrogen-bond acceptors (Lipinski definition) is 6. The maximum absolute atomic E-state index is 11.8. The molecule has 0 radical (unpaired) electrons. The molecule has 18 heavy (non-hydrogen) atoms. The van der Waals surface area contributed by atoms with Crippen molar-refractivity contribution in [3.63, 3.8) is 0 Å². The van der Waals surface area contributed by atoms with Gasteiger partial charge in [-0.2, -0.15) is 0 Å². The molecule has 0 aromatic carbocycles. The number of nitrogens with one attached hydrogen (secondary N) is 2. The molecule has 1 aromatic rings. The highest BCUT2D eigenvalue weighted by Crippen LogP contribution is 2.19. The Morgan fingerprint density at radius 3 is 3.17 bits per heavy atom. The van der Waals surface area contributed by atoms with E-state index in [9.17, 15) is 4.79 Å². The van der Waals surface area contributed by atoms with Crippen LogP contribution < -0.4 is 21.5 Å². The van der Waals surface area contributed by atoms with Crippen LogP contribution in [0.3, 0.4) is 0 Å². The molecule has 98 valence electrons. The second kappa shape index (κ2) is 5.65. The van der Waals surface area contributed by atoms with Crippen LogP contribution in [0.25, 0.3) is 0 Å². The highest BCUT2D eigenvalue weighted by atomic mass is 16.5. The van der Waals surface area contributed by atoms with Crippen molar-refractivity contribution < 1.29 is 9.53 Å². The number of pyridine rings is 1. The summed E-state index contributed by atoms with van der Waals surface area (Å²) in [4.78, 5) is 18.1. The summed E-state index contributed by atoms with van der Waals surface area (Å²) in [6.45, 7) is 1.57. The highest BCUT2D eigenvalue weighted by Gasteiger charge is 2.29. The summed E-state index contributed by atoms with van der Waals surface area (Å²) in [6.07, 6.45) is 0. The Morgan fingerprint density at radius 1 is 1.61 bits per heavy atom. The first-order valence-electron chi connectivity index (χ1n) is 5.76. The molecule has 1 saturated heterocycles. The Labute approximate surface area is 105 Å². The summed E-state index contributed by atoms with van der Waals surface area (Å²) in [6, 6.07) is 5.10. The molecular formula is C11H17N5O2. The Kier molecular flexibility index (Phi) is 3.96. The number of likely N-dealkylation sites (N-methyl/N-ethyl adjacent to an activating group) is 1. The van der Waals surface area contributed by atoms with Gasteiger partial charge in [0.1, 0.15) is 17.7 Å². The third kappa shape index (κ3) is 2.52. The zero-order valence-corrected chi connectivity index (χ0v) is 10.2. The molecule has 0 bridgehead atoms. The molecule has 1 fully saturated rings. The number of hydrazine groups is 1. The number of aromatic nitrogens is 1. The molecule has 2 rings (SSSR count). The SMILES string of the molecule is CNC(=O)C1COCCN1c1cccc(NN)n1. The van der Waals surface area contributed by atoms with Crippen molar-refractivity contribution in [2.75, 3.05) is 37.1 Å². The molecule has 0 saturated carbocycles. The van der Waals surface area contributed by atoms with Gasteiger partial charge in [-0.1, -0.05) is 6.07 Å². The number of hydrogen-bond donors (Lipinski definition) is 3. The minimum Gasteiger partial charge on any atom is -0.377 e. The largest absolute Gasteiger partial charge is 0.377 e. The fourth-order valence-electron chi connectivity index (χ4n) is 1.93. The van der Waals surface area contributed by atoms with Crippen LogP contribution in [-0.4, -0.2) is 43.7 Å². The zero-order valence-electron chi connectivity index (χ0n) is 10.2. The van der Waals surface area contributed by atoms with Gasteiger partial charge in [0, 0.05) is 13.6 Å². The predicted octanol–water partition coefficient (Wildman–Crippen LogP) is -0.682. The molecule has 7 heteroatoms. The van der Waals surface area contributed by atoms with Gasteiger partial charge in [-0.15, -0.1) is 0 Å². The normalized spacial score (nSPS) is 19.4. The van der Waals surface area contributed by atoms with Gasteiger partial charge in [-0.3, -0.25) is 4.79 Å². The van der Waals surface area contributed by atoms with Crippen LogP contribution in [0.5, 0.6) is 0 Å². The summed E-state index contributed by atoms with van der Waals surface area (Å²) in [5, 5.41) is 2.63. The van der Waals surface area contributed by atoms with E-state index in [2.05, 4.69) is 15.7 Å². The smallest absolute Gasteiger partial charge is 0.244 e. The number of carbonyl (C=O) groups is 1. The van der Waals surface area contributed by atoms with E-state index in [0.717, 1.165) is 0 Å². The summed E-state index contributed by atoms with van der Waals surface area (Å²) in [7, 11) is 1.61. The lowest BCUT2D eigenvalue weighted by Gasteiger charge is -2.35. The molecule has 1 unspecified atom stereocenters. The second-order valence-electron chi connectivity index (χ2n) is 3.92. The maximum Gasteiger partial charge on any atom is 0.244 e. The molecule has 0 spiro atoms. The molecule has 1 aliphatic rings. The monoisotopic (exact) mass is 251 g/mol. The van der Waals surface area contributed by atoms with Crippen molar-refractivity contribution in [3.8, 4) is 0 Å². The average Bonchev–Trinajstić information content (AvgIpc) is 2.46. The summed E-state index contributed by atoms with van der Waals surface area (Å²) >= 11 is 0. The number of morpholine rings is 1. The van der Waals surface area contributed by atoms with Gasteiger partial charge < -0.3 is 20.4 Å². The van der Waals surface area contributed by atoms with E-state index < -0.39 is 0 Å². The first-order chi connectivity index (χ1) is 8.76. The van der Waals surface area contributed by atoms with Crippen molar-refractivity contribution in [1.29, 1.82) is 0 Å². The predicted molar refractivity (Wildman–Crippen MR) is 68.1 cm³/mol. The van der Waals surface area contributed by atoms with Crippen LogP contribution in [0.15, 0.2) is 18.2 Å². The van der Waals surface area contributed by atoms with Crippen LogP contribution in [0.4, 0.5) is 11.6 Å². The summed E-state index contributed by atoms with van der Waals surface area (Å²) < 4.78 is 5.34. The fourth-order valence-corrected chi connectivity index (χ4v) is 1.93. The van der Waals surface area contributed by atoms with Gasteiger partial charge in [-0.05, 0) is 12.1 Å². The first kappa shape index (κ1) is 12.6. The Bertz CT molecular complexity index is 426. The number of nitrogens with zero attached hydrogens (tertiary/aromatic N) is 2. The maximum atomic E-state index is 11.8. The molecule has 1 aliphatic heterocycles. The van der Waals surface area contributed by atoms with E-state index in [-0.39, 0.29) is 11.9 Å². The Morgan fingerprint density at radius 2 is 2.44 bits per heavy atom. The van der Waals surface area contributed by atoms with Crippen LogP contribution in [0, 0.1) is 0 Å². The van der Waals surface area contributed by atoms with E-state index in [4.69, 9.17) is 10.6 Å². The number of carbonyl (C=O) groups excluding carboxylic acids is 1. The molecule has 0 aliphatic carbocycles. The minimum absolute atomic E-state index is 0.0809. The van der Waals surface area contributed by atoms with Crippen LogP contribution >= 0.6 is 0 Å². The van der Waals surface area contributed by atoms with E-state index >= 15 is 0 Å². The Balaban J connectivity index is 2.24. The van der Waals surface area contributed by atoms with Gasteiger partial charge in [0.25, 0.3) is 0 Å². The van der Waals surface area contributed by atoms with Gasteiger partial charge in [-0.25, -0.2) is 10.8 Å². The number of ether oxygens (including phenoxy) is 1. The lowest BCUT2D eigenvalue weighted by Crippen LogP contribution is -2.53. The van der Waals surface area contributed by atoms with Crippen LogP contribution in [0.1, 0.15) is 0 Å². The number of anilines is 2. The van der Waals surface area contributed by atoms with Crippen molar-refractivity contribution in [1.82, 2.24) is 10.3 Å². The minimum atomic E-state index is -0.357. The highest BCUT2D eigenvalue weighted by molar-refractivity contribution is 5.85. The van der Waals surface area contributed by atoms with E-state index in [0.29, 0.717) is 31.4 Å². The van der Waals surface area contributed by atoms with Crippen molar-refractivity contribution in [2.45, 2.75) is 6.04 Å². The van der Waals surface area contributed by atoms with E-state index in [1.165, 1.54) is 0 Å². The van der Waals surface area contributed by atoms with E-state index in [1.807, 2.05) is 17.0 Å². The molecule has 2 heterocycles. The number of amides is 1. The Hall–Kier alpha value is -1.86. The van der Waals surface area contributed by atoms with Crippen LogP contribution in [-0.2, 0) is 9.53 Å². The fraction of sp³-hybridized carbons (Fsp3) is 0.455. The summed E-state index contributed by atoms with van der Waals surface area (Å²) in [5.74, 6) is 6.53. The summed E-state index contributed by atoms with van der Waals surface area (Å²) in [5.41, 5.74) is 2.49. The third-order valence-electron chi connectivity index (χ3n) is 2.85. The number of nitrogens with two attached hydrogens (primary N) is 1. The van der Waals surface area contributed by atoms with Gasteiger partial charge in [0.2, 0.25) is 5.91 Å². The molecule has 7 nitrogen and oxygen atoms in total. The molecule has 1 aromatic heterocycles. The van der Waals surface area contributed by atoms with Crippen LogP contribution in [0.2, 0.25) is 0 Å². The number of nitrogen functional groups attached to an aromatic ring is 1. The first-order valence-corrected chi connectivity index (χ1v) is 5.76. The lowest BCUT2D eigenvalue weighted by molar-refractivity contribution is -0.124. The topological polar surface area (TPSA) is 92.5 Å². The molecular weight excluding hydrogens is 234 g/mol. The van der Waals surface area contributed by atoms with Gasteiger partial charge in [0.05, 0.1) is 13.2 Å². The molecule has 1 atom stereocenters. The van der Waals surface area contributed by atoms with Gasteiger partial charge in [0.15, 0.2) is 0 Å². The third-order valence-corrected chi connectivity index (χ3v) is 2.85. The molecule has 1 amide bonds. The molecule has 4 N–H and O–H groups in total. The number of rotatable bonds is 3. The second-order valence-corrected chi connectivity index (χ2v) is 3.92.